The van der Waals surface area contributed by atoms with Gasteiger partial charge in [-0.05, 0) is 23.6 Å². The summed E-state index contributed by atoms with van der Waals surface area (Å²) in [4.78, 5) is 21.8. The molecule has 0 atom stereocenters. The lowest BCUT2D eigenvalue weighted by atomic mass is 10.0. The predicted octanol–water partition coefficient (Wildman–Crippen LogP) is 2.40. The molecule has 0 aliphatic rings. The van der Waals surface area contributed by atoms with Crippen LogP contribution < -0.4 is 10.1 Å². The molecule has 0 saturated heterocycles. The van der Waals surface area contributed by atoms with Crippen molar-refractivity contribution in [2.75, 3.05) is 12.4 Å². The zero-order chi connectivity index (χ0) is 14.4. The molecular weight excluding hydrogens is 246 g/mol. The van der Waals surface area contributed by atoms with Gasteiger partial charge in [-0.25, -0.2) is 4.79 Å². The Morgan fingerprint density at radius 2 is 2.00 bits per heavy atom. The van der Waals surface area contributed by atoms with E-state index in [1.54, 1.807) is 6.07 Å². The maximum Gasteiger partial charge on any atom is 0.328 e. The van der Waals surface area contributed by atoms with Crippen molar-refractivity contribution < 1.29 is 19.4 Å². The molecule has 0 heterocycles. The summed E-state index contributed by atoms with van der Waals surface area (Å²) in [6, 6.07) is 5.48. The Hall–Kier alpha value is -2.30. The van der Waals surface area contributed by atoms with E-state index in [2.05, 4.69) is 19.2 Å². The molecule has 0 radical (unpaired) electrons. The van der Waals surface area contributed by atoms with Crippen molar-refractivity contribution >= 4 is 17.6 Å². The van der Waals surface area contributed by atoms with E-state index in [1.807, 2.05) is 12.1 Å². The molecule has 0 unspecified atom stereocenters. The smallest absolute Gasteiger partial charge is 0.328 e. The van der Waals surface area contributed by atoms with E-state index in [9.17, 15) is 9.59 Å². The summed E-state index contributed by atoms with van der Waals surface area (Å²) in [6.45, 7) is 4.12. The molecule has 102 valence electrons. The number of ether oxygens (including phenoxy) is 1. The molecule has 19 heavy (non-hydrogen) atoms. The minimum absolute atomic E-state index is 0.352. The van der Waals surface area contributed by atoms with Gasteiger partial charge in [0.25, 0.3) is 0 Å². The van der Waals surface area contributed by atoms with Crippen LogP contribution in [0.4, 0.5) is 5.69 Å². The molecule has 1 rings (SSSR count). The monoisotopic (exact) mass is 263 g/mol. The molecule has 0 saturated carbocycles. The number of aliphatic carboxylic acids is 1. The number of hydrogen-bond donors (Lipinski definition) is 2. The lowest BCUT2D eigenvalue weighted by molar-refractivity contribution is -0.131. The van der Waals surface area contributed by atoms with E-state index >= 15 is 0 Å². The Morgan fingerprint density at radius 3 is 2.53 bits per heavy atom. The standard InChI is InChI=1S/C14H17NO4/c1-9(2)10-4-5-11(12(8-10)19-3)15-13(16)6-7-14(17)18/h4-9H,1-3H3,(H,15,16)(H,17,18)/b7-6+. The number of anilines is 1. The first kappa shape index (κ1) is 14.8. The second-order valence-electron chi connectivity index (χ2n) is 4.28. The van der Waals surface area contributed by atoms with Crippen LogP contribution in [0.1, 0.15) is 25.3 Å². The normalized spacial score (nSPS) is 10.7. The van der Waals surface area contributed by atoms with E-state index in [-0.39, 0.29) is 0 Å². The molecule has 0 aromatic heterocycles. The first-order chi connectivity index (χ1) is 8.93. The summed E-state index contributed by atoms with van der Waals surface area (Å²) >= 11 is 0. The SMILES string of the molecule is COc1cc(C(C)C)ccc1NC(=O)/C=C/C(=O)O. The molecule has 2 N–H and O–H groups in total. The quantitative estimate of drug-likeness (QED) is 0.800. The van der Waals surface area contributed by atoms with Gasteiger partial charge in [-0.15, -0.1) is 0 Å². The lowest BCUT2D eigenvalue weighted by Gasteiger charge is -2.12. The second-order valence-corrected chi connectivity index (χ2v) is 4.28. The van der Waals surface area contributed by atoms with Gasteiger partial charge in [0.05, 0.1) is 12.8 Å². The zero-order valence-electron chi connectivity index (χ0n) is 11.1. The highest BCUT2D eigenvalue weighted by atomic mass is 16.5. The van der Waals surface area contributed by atoms with Crippen LogP contribution in [-0.4, -0.2) is 24.1 Å². The van der Waals surface area contributed by atoms with Crippen LogP contribution in [0.25, 0.3) is 0 Å². The number of amides is 1. The van der Waals surface area contributed by atoms with Crippen molar-refractivity contribution in [3.05, 3.63) is 35.9 Å². The summed E-state index contributed by atoms with van der Waals surface area (Å²) < 4.78 is 5.21. The van der Waals surface area contributed by atoms with Gasteiger partial charge < -0.3 is 15.2 Å². The van der Waals surface area contributed by atoms with Crippen LogP contribution in [-0.2, 0) is 9.59 Å². The first-order valence-electron chi connectivity index (χ1n) is 5.84. The number of carbonyl (C=O) groups excluding carboxylic acids is 1. The molecule has 0 bridgehead atoms. The summed E-state index contributed by atoms with van der Waals surface area (Å²) in [7, 11) is 1.52. The first-order valence-corrected chi connectivity index (χ1v) is 5.84. The number of methoxy groups -OCH3 is 1. The van der Waals surface area contributed by atoms with Gasteiger partial charge in [0.2, 0.25) is 5.91 Å². The van der Waals surface area contributed by atoms with Crippen molar-refractivity contribution in [3.63, 3.8) is 0 Å². The van der Waals surface area contributed by atoms with Crippen LogP contribution in [0.15, 0.2) is 30.4 Å². The topological polar surface area (TPSA) is 75.6 Å². The Bertz CT molecular complexity index is 506. The van der Waals surface area contributed by atoms with Gasteiger partial charge in [0.1, 0.15) is 5.75 Å². The van der Waals surface area contributed by atoms with Crippen molar-refractivity contribution in [2.24, 2.45) is 0 Å². The molecule has 5 heteroatoms. The average Bonchev–Trinajstić information content (AvgIpc) is 2.36. The van der Waals surface area contributed by atoms with Gasteiger partial charge >= 0.3 is 5.97 Å². The van der Waals surface area contributed by atoms with Crippen LogP contribution in [0.5, 0.6) is 5.75 Å². The number of carbonyl (C=O) groups is 2. The van der Waals surface area contributed by atoms with Crippen LogP contribution in [0.3, 0.4) is 0 Å². The third-order valence-corrected chi connectivity index (χ3v) is 2.53. The minimum atomic E-state index is -1.17. The molecule has 5 nitrogen and oxygen atoms in total. The number of rotatable bonds is 5. The van der Waals surface area contributed by atoms with Crippen LogP contribution in [0, 0.1) is 0 Å². The fourth-order valence-corrected chi connectivity index (χ4v) is 1.49. The summed E-state index contributed by atoms with van der Waals surface area (Å²) in [6.07, 6.45) is 1.74. The van der Waals surface area contributed by atoms with Crippen LogP contribution >= 0.6 is 0 Å². The third kappa shape index (κ3) is 4.46. The Labute approximate surface area is 111 Å². The molecule has 1 amide bonds. The van der Waals surface area contributed by atoms with Gasteiger partial charge in [-0.2, -0.15) is 0 Å². The minimum Gasteiger partial charge on any atom is -0.495 e. The van der Waals surface area contributed by atoms with Crippen molar-refractivity contribution in [3.8, 4) is 5.75 Å². The number of carboxylic acid groups (broad SMARTS) is 1. The highest BCUT2D eigenvalue weighted by molar-refractivity contribution is 6.03. The highest BCUT2D eigenvalue weighted by Gasteiger charge is 2.08. The Morgan fingerprint density at radius 1 is 1.32 bits per heavy atom. The average molecular weight is 263 g/mol. The summed E-state index contributed by atoms with van der Waals surface area (Å²) in [5.74, 6) is -0.788. The maximum atomic E-state index is 11.5. The number of carboxylic acids is 1. The van der Waals surface area contributed by atoms with Gasteiger partial charge in [-0.1, -0.05) is 19.9 Å². The van der Waals surface area contributed by atoms with E-state index in [0.29, 0.717) is 17.4 Å². The fourth-order valence-electron chi connectivity index (χ4n) is 1.49. The zero-order valence-corrected chi connectivity index (χ0v) is 11.1. The number of nitrogens with one attached hydrogen (secondary N) is 1. The summed E-state index contributed by atoms with van der Waals surface area (Å²) in [5, 5.41) is 11.0. The lowest BCUT2D eigenvalue weighted by Crippen LogP contribution is -2.10. The van der Waals surface area contributed by atoms with E-state index in [0.717, 1.165) is 17.7 Å². The molecule has 0 aliphatic carbocycles. The fraction of sp³-hybridized carbons (Fsp3) is 0.286. The molecule has 0 spiro atoms. The van der Waals surface area contributed by atoms with Crippen molar-refractivity contribution in [1.29, 1.82) is 0 Å². The van der Waals surface area contributed by atoms with E-state index < -0.39 is 11.9 Å². The predicted molar refractivity (Wildman–Crippen MR) is 72.5 cm³/mol. The summed E-state index contributed by atoms with van der Waals surface area (Å²) in [5.41, 5.74) is 1.60. The largest absolute Gasteiger partial charge is 0.495 e. The maximum absolute atomic E-state index is 11.5. The third-order valence-electron chi connectivity index (χ3n) is 2.53. The van der Waals surface area contributed by atoms with Crippen molar-refractivity contribution in [1.82, 2.24) is 0 Å². The van der Waals surface area contributed by atoms with E-state index in [1.165, 1.54) is 7.11 Å². The van der Waals surface area contributed by atoms with E-state index in [4.69, 9.17) is 9.84 Å². The van der Waals surface area contributed by atoms with Gasteiger partial charge in [-0.3, -0.25) is 4.79 Å². The molecule has 0 aliphatic heterocycles. The molecular formula is C14H17NO4. The Kier molecular flexibility index (Phi) is 5.11. The highest BCUT2D eigenvalue weighted by Crippen LogP contribution is 2.28. The van der Waals surface area contributed by atoms with Gasteiger partial charge in [0, 0.05) is 12.2 Å². The number of benzene rings is 1. The second kappa shape index (κ2) is 6.58. The van der Waals surface area contributed by atoms with Gasteiger partial charge in [0.15, 0.2) is 0 Å². The molecule has 1 aromatic carbocycles. The van der Waals surface area contributed by atoms with Crippen LogP contribution in [0.2, 0.25) is 0 Å². The molecule has 1 aromatic rings. The molecule has 0 fully saturated rings. The number of hydrogen-bond acceptors (Lipinski definition) is 3. The van der Waals surface area contributed by atoms with Crippen molar-refractivity contribution in [2.45, 2.75) is 19.8 Å². The Balaban J connectivity index is 2.89.